The van der Waals surface area contributed by atoms with Crippen LogP contribution in [0.4, 0.5) is 4.39 Å². The molecule has 0 spiro atoms. The Hall–Kier alpha value is -1.85. The summed E-state index contributed by atoms with van der Waals surface area (Å²) in [6.45, 7) is -0.465. The molecule has 2 aromatic rings. The molecule has 0 amide bonds. The molecule has 2 aromatic carbocycles. The van der Waals surface area contributed by atoms with E-state index in [0.29, 0.717) is 12.8 Å². The highest BCUT2D eigenvalue weighted by Gasteiger charge is 2.14. The third-order valence-electron chi connectivity index (χ3n) is 3.70. The molecule has 0 heterocycles. The van der Waals surface area contributed by atoms with E-state index in [9.17, 15) is 4.39 Å². The van der Waals surface area contributed by atoms with E-state index in [0.717, 1.165) is 5.56 Å². The number of nitriles is 1. The van der Waals surface area contributed by atoms with Crippen LogP contribution in [0.25, 0.3) is 11.1 Å². The van der Waals surface area contributed by atoms with Crippen molar-refractivity contribution in [3.8, 4) is 17.2 Å². The summed E-state index contributed by atoms with van der Waals surface area (Å²) >= 11 is 6.31. The van der Waals surface area contributed by atoms with Crippen LogP contribution in [0.3, 0.4) is 0 Å². The first kappa shape index (κ1) is 16.5. The molecule has 3 heteroatoms. The first-order valence-corrected chi connectivity index (χ1v) is 7.90. The molecule has 0 fully saturated rings. The Morgan fingerprint density at radius 1 is 1.00 bits per heavy atom. The van der Waals surface area contributed by atoms with E-state index < -0.39 is 6.67 Å². The summed E-state index contributed by atoms with van der Waals surface area (Å²) in [5, 5.41) is 8.82. The SMILES string of the molecule is N#CC(CCF)CC(Cl)Cc1ccc(-c2ccccc2)cc1. The molecular formula is C19H19ClFN. The maximum absolute atomic E-state index is 12.3. The molecule has 0 N–H and O–H groups in total. The summed E-state index contributed by atoms with van der Waals surface area (Å²) in [7, 11) is 0. The quantitative estimate of drug-likeness (QED) is 0.628. The van der Waals surface area contributed by atoms with Crippen molar-refractivity contribution in [2.24, 2.45) is 5.92 Å². The van der Waals surface area contributed by atoms with Crippen LogP contribution in [0, 0.1) is 17.2 Å². The number of hydrogen-bond donors (Lipinski definition) is 0. The zero-order chi connectivity index (χ0) is 15.8. The molecule has 2 atom stereocenters. The largest absolute Gasteiger partial charge is 0.251 e. The summed E-state index contributed by atoms with van der Waals surface area (Å²) in [5.74, 6) is -0.295. The molecule has 2 unspecified atom stereocenters. The van der Waals surface area contributed by atoms with E-state index in [2.05, 4.69) is 42.5 Å². The lowest BCUT2D eigenvalue weighted by Gasteiger charge is -2.13. The minimum Gasteiger partial charge on any atom is -0.251 e. The fraction of sp³-hybridized carbons (Fsp3) is 0.316. The second kappa shape index (κ2) is 8.56. The average molecular weight is 316 g/mol. The number of nitrogens with zero attached hydrogens (tertiary/aromatic N) is 1. The zero-order valence-corrected chi connectivity index (χ0v) is 13.1. The van der Waals surface area contributed by atoms with Crippen molar-refractivity contribution < 1.29 is 4.39 Å². The van der Waals surface area contributed by atoms with Gasteiger partial charge in [0.1, 0.15) is 0 Å². The zero-order valence-electron chi connectivity index (χ0n) is 12.4. The maximum Gasteiger partial charge on any atom is 0.0907 e. The predicted octanol–water partition coefficient (Wildman–Crippen LogP) is 5.39. The van der Waals surface area contributed by atoms with Crippen molar-refractivity contribution >= 4 is 11.6 Å². The first-order chi connectivity index (χ1) is 10.7. The molecule has 0 aliphatic heterocycles. The highest BCUT2D eigenvalue weighted by Crippen LogP contribution is 2.22. The molecule has 0 saturated carbocycles. The standard InChI is InChI=1S/C19H19ClFN/c20-19(13-16(14-22)10-11-21)12-15-6-8-18(9-7-15)17-4-2-1-3-5-17/h1-9,16,19H,10-13H2. The molecule has 114 valence electrons. The third-order valence-corrected chi connectivity index (χ3v) is 4.03. The van der Waals surface area contributed by atoms with E-state index in [1.54, 1.807) is 0 Å². The lowest BCUT2D eigenvalue weighted by Crippen LogP contribution is -2.10. The Labute approximate surface area is 136 Å². The fourth-order valence-corrected chi connectivity index (χ4v) is 2.87. The van der Waals surface area contributed by atoms with Crippen LogP contribution in [0.1, 0.15) is 18.4 Å². The molecular weight excluding hydrogens is 297 g/mol. The Kier molecular flexibility index (Phi) is 6.43. The van der Waals surface area contributed by atoms with Gasteiger partial charge in [-0.3, -0.25) is 4.39 Å². The van der Waals surface area contributed by atoms with E-state index in [1.807, 2.05) is 18.2 Å². The number of halogens is 2. The van der Waals surface area contributed by atoms with E-state index in [4.69, 9.17) is 16.9 Å². The summed E-state index contributed by atoms with van der Waals surface area (Å²) in [6.07, 6.45) is 1.50. The van der Waals surface area contributed by atoms with E-state index in [-0.39, 0.29) is 17.7 Å². The van der Waals surface area contributed by atoms with Gasteiger partial charge in [-0.05, 0) is 36.0 Å². The molecule has 0 radical (unpaired) electrons. The molecule has 2 rings (SSSR count). The summed E-state index contributed by atoms with van der Waals surface area (Å²) in [6, 6.07) is 20.6. The second-order valence-electron chi connectivity index (χ2n) is 5.40. The molecule has 0 bridgehead atoms. The predicted molar refractivity (Wildman–Crippen MR) is 89.5 cm³/mol. The van der Waals surface area contributed by atoms with Crippen molar-refractivity contribution in [2.45, 2.75) is 24.6 Å². The van der Waals surface area contributed by atoms with Gasteiger partial charge in [-0.1, -0.05) is 54.6 Å². The fourth-order valence-electron chi connectivity index (χ4n) is 2.48. The number of benzene rings is 2. The Balaban J connectivity index is 1.95. The van der Waals surface area contributed by atoms with Gasteiger partial charge < -0.3 is 0 Å². The second-order valence-corrected chi connectivity index (χ2v) is 6.02. The van der Waals surface area contributed by atoms with Crippen LogP contribution >= 0.6 is 11.6 Å². The molecule has 1 nitrogen and oxygen atoms in total. The smallest absolute Gasteiger partial charge is 0.0907 e. The van der Waals surface area contributed by atoms with Crippen LogP contribution in [-0.4, -0.2) is 12.1 Å². The van der Waals surface area contributed by atoms with Gasteiger partial charge in [0.15, 0.2) is 0 Å². The van der Waals surface area contributed by atoms with Crippen molar-refractivity contribution in [1.29, 1.82) is 5.26 Å². The summed E-state index contributed by atoms with van der Waals surface area (Å²) in [4.78, 5) is 0. The highest BCUT2D eigenvalue weighted by molar-refractivity contribution is 6.20. The van der Waals surface area contributed by atoms with Crippen LogP contribution in [-0.2, 0) is 6.42 Å². The van der Waals surface area contributed by atoms with Gasteiger partial charge in [-0.2, -0.15) is 5.26 Å². The lowest BCUT2D eigenvalue weighted by atomic mass is 9.97. The minimum atomic E-state index is -0.465. The summed E-state index contributed by atoms with van der Waals surface area (Å²) < 4.78 is 12.3. The van der Waals surface area contributed by atoms with E-state index >= 15 is 0 Å². The van der Waals surface area contributed by atoms with Gasteiger partial charge in [-0.15, -0.1) is 11.6 Å². The van der Waals surface area contributed by atoms with E-state index in [1.165, 1.54) is 11.1 Å². The Bertz CT molecular complexity index is 604. The molecule has 0 aromatic heterocycles. The first-order valence-electron chi connectivity index (χ1n) is 7.47. The normalized spacial score (nSPS) is 13.3. The highest BCUT2D eigenvalue weighted by atomic mass is 35.5. The van der Waals surface area contributed by atoms with Crippen molar-refractivity contribution in [1.82, 2.24) is 0 Å². The molecule has 0 aliphatic rings. The minimum absolute atomic E-state index is 0.140. The molecule has 0 saturated heterocycles. The molecule has 22 heavy (non-hydrogen) atoms. The van der Waals surface area contributed by atoms with Gasteiger partial charge in [0.05, 0.1) is 18.7 Å². The average Bonchev–Trinajstić information content (AvgIpc) is 2.56. The lowest BCUT2D eigenvalue weighted by molar-refractivity contribution is 0.413. The van der Waals surface area contributed by atoms with Crippen molar-refractivity contribution in [2.75, 3.05) is 6.67 Å². The van der Waals surface area contributed by atoms with Gasteiger partial charge in [0, 0.05) is 5.38 Å². The molecule has 0 aliphatic carbocycles. The van der Waals surface area contributed by atoms with Gasteiger partial charge >= 0.3 is 0 Å². The van der Waals surface area contributed by atoms with Gasteiger partial charge in [-0.25, -0.2) is 0 Å². The van der Waals surface area contributed by atoms with Crippen LogP contribution in [0.5, 0.6) is 0 Å². The van der Waals surface area contributed by atoms with Crippen molar-refractivity contribution in [3.05, 3.63) is 60.2 Å². The Morgan fingerprint density at radius 2 is 1.64 bits per heavy atom. The number of hydrogen-bond acceptors (Lipinski definition) is 1. The Morgan fingerprint density at radius 3 is 2.23 bits per heavy atom. The number of alkyl halides is 2. The van der Waals surface area contributed by atoms with Gasteiger partial charge in [0.25, 0.3) is 0 Å². The van der Waals surface area contributed by atoms with Crippen LogP contribution in [0.2, 0.25) is 0 Å². The summed E-state index contributed by atoms with van der Waals surface area (Å²) in [5.41, 5.74) is 3.49. The maximum atomic E-state index is 12.3. The van der Waals surface area contributed by atoms with Gasteiger partial charge in [0.2, 0.25) is 0 Å². The topological polar surface area (TPSA) is 23.8 Å². The van der Waals surface area contributed by atoms with Crippen molar-refractivity contribution in [3.63, 3.8) is 0 Å². The third kappa shape index (κ3) is 4.86. The van der Waals surface area contributed by atoms with Crippen LogP contribution < -0.4 is 0 Å². The van der Waals surface area contributed by atoms with Crippen LogP contribution in [0.15, 0.2) is 54.6 Å². The number of rotatable bonds is 7. The monoisotopic (exact) mass is 315 g/mol.